The van der Waals surface area contributed by atoms with E-state index in [0.717, 1.165) is 11.3 Å². The van der Waals surface area contributed by atoms with Crippen LogP contribution in [0.15, 0.2) is 76.4 Å². The topological polar surface area (TPSA) is 92.3 Å². The molecule has 11 heteroatoms. The van der Waals surface area contributed by atoms with E-state index in [1.165, 1.54) is 11.8 Å². The molecule has 0 spiro atoms. The van der Waals surface area contributed by atoms with E-state index in [-0.39, 0.29) is 18.1 Å². The van der Waals surface area contributed by atoms with Gasteiger partial charge in [0.05, 0.1) is 11.1 Å². The van der Waals surface area contributed by atoms with Crippen molar-refractivity contribution in [2.45, 2.75) is 30.9 Å². The van der Waals surface area contributed by atoms with E-state index in [9.17, 15) is 10.1 Å². The fraction of sp³-hybridized carbons (Fsp3) is 0.231. The molecule has 1 atom stereocenters. The van der Waals surface area contributed by atoms with Gasteiger partial charge in [-0.3, -0.25) is 14.7 Å². The van der Waals surface area contributed by atoms with Gasteiger partial charge in [0.15, 0.2) is 16.7 Å². The Hall–Kier alpha value is -3.08. The van der Waals surface area contributed by atoms with Crippen molar-refractivity contribution in [3.63, 3.8) is 0 Å². The lowest BCUT2D eigenvalue weighted by atomic mass is 10.1. The Labute approximate surface area is 232 Å². The molecule has 0 bridgehead atoms. The van der Waals surface area contributed by atoms with Crippen molar-refractivity contribution in [1.82, 2.24) is 14.8 Å². The fourth-order valence-electron chi connectivity index (χ4n) is 3.71. The lowest BCUT2D eigenvalue weighted by Gasteiger charge is -2.19. The van der Waals surface area contributed by atoms with Gasteiger partial charge in [0.25, 0.3) is 0 Å². The maximum atomic E-state index is 11.7. The van der Waals surface area contributed by atoms with Crippen LogP contribution in [-0.4, -0.2) is 32.8 Å². The normalized spacial score (nSPS) is 11.8. The van der Waals surface area contributed by atoms with Crippen molar-refractivity contribution in [3.05, 3.63) is 103 Å². The summed E-state index contributed by atoms with van der Waals surface area (Å²) in [7, 11) is 0. The quantitative estimate of drug-likeness (QED) is 0.103. The largest absolute Gasteiger partial charge is 0.490 e. The molecule has 3 aromatic carbocycles. The molecule has 0 N–H and O–H groups in total. The number of aromatic nitrogens is 3. The number of ether oxygens (including phenoxy) is 2. The smallest absolute Gasteiger partial charge is 0.220 e. The molecule has 4 rings (SSSR count). The van der Waals surface area contributed by atoms with Crippen molar-refractivity contribution in [3.8, 4) is 17.2 Å². The summed E-state index contributed by atoms with van der Waals surface area (Å²) < 4.78 is 14.5. The molecule has 1 aromatic heterocycles. The third kappa shape index (κ3) is 6.63. The van der Waals surface area contributed by atoms with Crippen molar-refractivity contribution >= 4 is 39.3 Å². The highest BCUT2D eigenvalue weighted by atomic mass is 79.9. The van der Waals surface area contributed by atoms with Crippen LogP contribution in [0.4, 0.5) is 0 Å². The minimum atomic E-state index is -0.561. The molecule has 0 fully saturated rings. The second kappa shape index (κ2) is 12.4. The fourth-order valence-corrected chi connectivity index (χ4v) is 5.63. The van der Waals surface area contributed by atoms with Gasteiger partial charge < -0.3 is 9.47 Å². The van der Waals surface area contributed by atoms with E-state index >= 15 is 0 Å². The van der Waals surface area contributed by atoms with Gasteiger partial charge in [0, 0.05) is 21.2 Å². The average molecular weight is 604 g/mol. The Morgan fingerprint density at radius 2 is 1.84 bits per heavy atom. The summed E-state index contributed by atoms with van der Waals surface area (Å²) in [4.78, 5) is 11.3. The van der Waals surface area contributed by atoms with Crippen molar-refractivity contribution in [1.29, 1.82) is 0 Å². The average Bonchev–Trinajstić information content (AvgIpc) is 3.24. The summed E-state index contributed by atoms with van der Waals surface area (Å²) in [5.41, 5.74) is 2.41. The first-order chi connectivity index (χ1) is 17.9. The van der Waals surface area contributed by atoms with E-state index in [1.807, 2.05) is 73.0 Å². The van der Waals surface area contributed by atoms with E-state index in [0.29, 0.717) is 44.1 Å². The molecule has 0 radical (unpaired) electrons. The van der Waals surface area contributed by atoms with Gasteiger partial charge in [-0.05, 0) is 65.7 Å². The van der Waals surface area contributed by atoms with Gasteiger partial charge in [-0.2, -0.15) is 0 Å². The Morgan fingerprint density at radius 1 is 1.11 bits per heavy atom. The minimum Gasteiger partial charge on any atom is -0.490 e. The second-order valence-electron chi connectivity index (χ2n) is 7.97. The number of nitrogens with zero attached hydrogens (tertiary/aromatic N) is 4. The third-order valence-electron chi connectivity index (χ3n) is 5.41. The van der Waals surface area contributed by atoms with Crippen molar-refractivity contribution in [2.24, 2.45) is 0 Å². The van der Waals surface area contributed by atoms with Gasteiger partial charge in [-0.25, -0.2) is 0 Å². The number of rotatable bonds is 11. The highest BCUT2D eigenvalue weighted by molar-refractivity contribution is 9.10. The van der Waals surface area contributed by atoms with Crippen LogP contribution < -0.4 is 9.47 Å². The zero-order valence-electron chi connectivity index (χ0n) is 20.1. The zero-order chi connectivity index (χ0) is 26.4. The molecular weight excluding hydrogens is 580 g/mol. The first kappa shape index (κ1) is 27.0. The summed E-state index contributed by atoms with van der Waals surface area (Å²) in [5, 5.41) is 20.8. The summed E-state index contributed by atoms with van der Waals surface area (Å²) in [5.74, 6) is 1.67. The molecule has 0 amide bonds. The van der Waals surface area contributed by atoms with Crippen LogP contribution in [0.1, 0.15) is 29.1 Å². The molecule has 4 aromatic rings. The van der Waals surface area contributed by atoms with Gasteiger partial charge in [0.2, 0.25) is 6.54 Å². The lowest BCUT2D eigenvalue weighted by molar-refractivity contribution is -0.479. The van der Waals surface area contributed by atoms with Crippen molar-refractivity contribution in [2.75, 3.05) is 13.2 Å². The molecule has 0 unspecified atom stereocenters. The minimum absolute atomic E-state index is 0.240. The molecule has 8 nitrogen and oxygen atoms in total. The summed E-state index contributed by atoms with van der Waals surface area (Å²) in [6.07, 6.45) is 0. The van der Waals surface area contributed by atoms with Gasteiger partial charge in [-0.1, -0.05) is 59.8 Å². The van der Waals surface area contributed by atoms with Gasteiger partial charge >= 0.3 is 0 Å². The monoisotopic (exact) mass is 602 g/mol. The molecule has 192 valence electrons. The number of halogens is 2. The Morgan fingerprint density at radius 3 is 2.54 bits per heavy atom. The maximum absolute atomic E-state index is 11.7. The molecule has 37 heavy (non-hydrogen) atoms. The van der Waals surface area contributed by atoms with Crippen LogP contribution in [0.5, 0.6) is 11.5 Å². The first-order valence-corrected chi connectivity index (χ1v) is 13.5. The maximum Gasteiger partial charge on any atom is 0.220 e. The number of nitro groups is 1. The third-order valence-corrected chi connectivity index (χ3v) is 7.54. The number of thioether (sulfide) groups is 1. The lowest BCUT2D eigenvalue weighted by Crippen LogP contribution is -2.12. The highest BCUT2D eigenvalue weighted by Crippen LogP contribution is 2.43. The van der Waals surface area contributed by atoms with E-state index in [1.54, 1.807) is 12.1 Å². The van der Waals surface area contributed by atoms with Crippen LogP contribution in [0.3, 0.4) is 0 Å². The standard InChI is InChI=1S/C26H24BrClN4O4S/c1-3-35-23-14-19(13-21(27)25(23)36-16-18-9-7-8-12-22(18)28)24(15-31(33)34)37-26-30-29-17(2)32(26)20-10-5-4-6-11-20/h4-14,24H,3,15-16H2,1-2H3/t24-/m1/s1. The summed E-state index contributed by atoms with van der Waals surface area (Å²) >= 11 is 11.1. The molecule has 1 heterocycles. The van der Waals surface area contributed by atoms with Gasteiger partial charge in [0.1, 0.15) is 17.7 Å². The van der Waals surface area contributed by atoms with E-state index < -0.39 is 5.25 Å². The molecule has 0 aliphatic rings. The van der Waals surface area contributed by atoms with Crippen LogP contribution in [0, 0.1) is 17.0 Å². The van der Waals surface area contributed by atoms with E-state index in [2.05, 4.69) is 26.1 Å². The zero-order valence-corrected chi connectivity index (χ0v) is 23.3. The molecule has 0 aliphatic carbocycles. The van der Waals surface area contributed by atoms with Crippen LogP contribution in [-0.2, 0) is 6.61 Å². The first-order valence-electron chi connectivity index (χ1n) is 11.5. The van der Waals surface area contributed by atoms with Crippen LogP contribution in [0.2, 0.25) is 5.02 Å². The number of benzene rings is 3. The van der Waals surface area contributed by atoms with Crippen molar-refractivity contribution < 1.29 is 14.4 Å². The van der Waals surface area contributed by atoms with Crippen LogP contribution in [0.25, 0.3) is 5.69 Å². The Kier molecular flexibility index (Phi) is 9.07. The number of aryl methyl sites for hydroxylation is 1. The van der Waals surface area contributed by atoms with Gasteiger partial charge in [-0.15, -0.1) is 10.2 Å². The number of hydrogen-bond acceptors (Lipinski definition) is 7. The highest BCUT2D eigenvalue weighted by Gasteiger charge is 2.26. The predicted molar refractivity (Wildman–Crippen MR) is 148 cm³/mol. The molecule has 0 saturated heterocycles. The Bertz CT molecular complexity index is 1390. The number of hydrogen-bond donors (Lipinski definition) is 0. The molecular formula is C26H24BrClN4O4S. The molecule has 0 saturated carbocycles. The number of para-hydroxylation sites is 1. The second-order valence-corrected chi connectivity index (χ2v) is 10.4. The molecule has 0 aliphatic heterocycles. The van der Waals surface area contributed by atoms with Crippen LogP contribution >= 0.6 is 39.3 Å². The summed E-state index contributed by atoms with van der Waals surface area (Å²) in [6.45, 7) is 4.04. The Balaban J connectivity index is 1.67. The van der Waals surface area contributed by atoms with E-state index in [4.69, 9.17) is 21.1 Å². The SMILES string of the molecule is CCOc1cc([C@@H](C[N+](=O)[O-])Sc2nnc(C)n2-c2ccccc2)cc(Br)c1OCc1ccccc1Cl. The summed E-state index contributed by atoms with van der Waals surface area (Å²) in [6, 6.07) is 20.7. The predicted octanol–water partition coefficient (Wildman–Crippen LogP) is 7.08.